The highest BCUT2D eigenvalue weighted by Gasteiger charge is 2.28. The second kappa shape index (κ2) is 3.46. The van der Waals surface area contributed by atoms with Gasteiger partial charge in [-0.05, 0) is 18.3 Å². The van der Waals surface area contributed by atoms with Crippen LogP contribution >= 0.6 is 0 Å². The molecule has 0 fully saturated rings. The zero-order valence-corrected chi connectivity index (χ0v) is 8.43. The van der Waals surface area contributed by atoms with E-state index in [0.717, 1.165) is 12.4 Å². The van der Waals surface area contributed by atoms with E-state index in [2.05, 4.69) is 25.8 Å². The zero-order chi connectivity index (χ0) is 9.19. The van der Waals surface area contributed by atoms with Crippen LogP contribution in [0.15, 0.2) is 4.99 Å². The zero-order valence-electron chi connectivity index (χ0n) is 8.43. The van der Waals surface area contributed by atoms with Gasteiger partial charge >= 0.3 is 0 Å². The van der Waals surface area contributed by atoms with E-state index >= 15 is 0 Å². The minimum atomic E-state index is 0.276. The molecular formula is C10H20N2. The average Bonchev–Trinajstić information content (AvgIpc) is 2.11. The van der Waals surface area contributed by atoms with E-state index in [4.69, 9.17) is 5.73 Å². The lowest BCUT2D eigenvalue weighted by atomic mass is 9.77. The van der Waals surface area contributed by atoms with Gasteiger partial charge in [-0.25, -0.2) is 0 Å². The monoisotopic (exact) mass is 168 g/mol. The summed E-state index contributed by atoms with van der Waals surface area (Å²) in [6.07, 6.45) is 3.68. The standard InChI is InChI=1S/C10H20N2/c1-10(2,3)8-6-4-5-7-12-9(8)11/h8H,4-7H2,1-3H3,(H2,11,12). The largest absolute Gasteiger partial charge is 0.387 e. The molecule has 1 aliphatic heterocycles. The molecule has 0 aliphatic carbocycles. The topological polar surface area (TPSA) is 38.4 Å². The van der Waals surface area contributed by atoms with E-state index in [1.807, 2.05) is 0 Å². The van der Waals surface area contributed by atoms with Crippen LogP contribution in [-0.2, 0) is 0 Å². The van der Waals surface area contributed by atoms with Crippen LogP contribution < -0.4 is 5.73 Å². The van der Waals surface area contributed by atoms with E-state index in [-0.39, 0.29) is 5.41 Å². The third-order valence-electron chi connectivity index (χ3n) is 2.60. The molecule has 0 spiro atoms. The Bertz CT molecular complexity index is 177. The molecule has 2 N–H and O–H groups in total. The summed E-state index contributed by atoms with van der Waals surface area (Å²) in [5.41, 5.74) is 6.19. The van der Waals surface area contributed by atoms with Crippen molar-refractivity contribution in [3.63, 3.8) is 0 Å². The molecule has 12 heavy (non-hydrogen) atoms. The Labute approximate surface area is 75.3 Å². The second-order valence-corrected chi connectivity index (χ2v) is 4.72. The van der Waals surface area contributed by atoms with Crippen molar-refractivity contribution in [1.29, 1.82) is 0 Å². The van der Waals surface area contributed by atoms with Crippen molar-refractivity contribution in [2.24, 2.45) is 22.1 Å². The predicted molar refractivity (Wildman–Crippen MR) is 53.3 cm³/mol. The van der Waals surface area contributed by atoms with Gasteiger partial charge in [0.1, 0.15) is 0 Å². The molecule has 70 valence electrons. The van der Waals surface area contributed by atoms with E-state index in [1.54, 1.807) is 0 Å². The van der Waals surface area contributed by atoms with Crippen LogP contribution in [0.4, 0.5) is 0 Å². The maximum atomic E-state index is 5.92. The molecule has 0 amide bonds. The van der Waals surface area contributed by atoms with Crippen molar-refractivity contribution in [2.45, 2.75) is 40.0 Å². The summed E-state index contributed by atoms with van der Waals surface area (Å²) in [6, 6.07) is 0. The summed E-state index contributed by atoms with van der Waals surface area (Å²) in [5, 5.41) is 0. The molecule has 2 nitrogen and oxygen atoms in total. The number of amidine groups is 1. The number of aliphatic imine (C=N–C) groups is 1. The molecule has 1 unspecified atom stereocenters. The van der Waals surface area contributed by atoms with Crippen LogP contribution in [0.5, 0.6) is 0 Å². The average molecular weight is 168 g/mol. The molecule has 0 bridgehead atoms. The lowest BCUT2D eigenvalue weighted by Crippen LogP contribution is -2.33. The molecule has 0 saturated heterocycles. The van der Waals surface area contributed by atoms with Crippen LogP contribution in [0.1, 0.15) is 40.0 Å². The Morgan fingerprint density at radius 3 is 2.58 bits per heavy atom. The van der Waals surface area contributed by atoms with Gasteiger partial charge in [0.2, 0.25) is 0 Å². The van der Waals surface area contributed by atoms with Gasteiger partial charge in [-0.15, -0.1) is 0 Å². The Morgan fingerprint density at radius 2 is 2.00 bits per heavy atom. The Kier molecular flexibility index (Phi) is 2.76. The van der Waals surface area contributed by atoms with E-state index < -0.39 is 0 Å². The van der Waals surface area contributed by atoms with Crippen LogP contribution in [0.3, 0.4) is 0 Å². The molecular weight excluding hydrogens is 148 g/mol. The SMILES string of the molecule is CC(C)(C)C1CCCCN=C1N. The third kappa shape index (κ3) is 2.23. The highest BCUT2D eigenvalue weighted by molar-refractivity contribution is 5.83. The Hall–Kier alpha value is -0.530. The molecule has 0 aromatic carbocycles. The fourth-order valence-electron chi connectivity index (χ4n) is 1.80. The number of hydrogen-bond donors (Lipinski definition) is 1. The van der Waals surface area contributed by atoms with Crippen molar-refractivity contribution in [3.05, 3.63) is 0 Å². The first-order chi connectivity index (χ1) is 5.52. The summed E-state index contributed by atoms with van der Waals surface area (Å²) < 4.78 is 0. The van der Waals surface area contributed by atoms with E-state index in [1.165, 1.54) is 19.3 Å². The maximum absolute atomic E-state index is 5.92. The molecule has 0 radical (unpaired) electrons. The molecule has 1 rings (SSSR count). The van der Waals surface area contributed by atoms with Crippen molar-refractivity contribution in [2.75, 3.05) is 6.54 Å². The van der Waals surface area contributed by atoms with Crippen LogP contribution in [-0.4, -0.2) is 12.4 Å². The smallest absolute Gasteiger partial charge is 0.0973 e. The maximum Gasteiger partial charge on any atom is 0.0973 e. The highest BCUT2D eigenvalue weighted by atomic mass is 14.9. The first-order valence-electron chi connectivity index (χ1n) is 4.81. The molecule has 1 aliphatic rings. The van der Waals surface area contributed by atoms with E-state index in [0.29, 0.717) is 5.92 Å². The van der Waals surface area contributed by atoms with Gasteiger partial charge in [-0.3, -0.25) is 4.99 Å². The molecule has 2 heteroatoms. The lowest BCUT2D eigenvalue weighted by Gasteiger charge is -2.29. The van der Waals surface area contributed by atoms with Crippen LogP contribution in [0, 0.1) is 11.3 Å². The first-order valence-corrected chi connectivity index (χ1v) is 4.81. The summed E-state index contributed by atoms with van der Waals surface area (Å²) in [6.45, 7) is 7.65. The number of nitrogens with two attached hydrogens (primary N) is 1. The number of nitrogens with zero attached hydrogens (tertiary/aromatic N) is 1. The van der Waals surface area contributed by atoms with Gasteiger partial charge < -0.3 is 5.73 Å². The van der Waals surface area contributed by atoms with Crippen LogP contribution in [0.25, 0.3) is 0 Å². The summed E-state index contributed by atoms with van der Waals surface area (Å²) in [7, 11) is 0. The quantitative estimate of drug-likeness (QED) is 0.591. The van der Waals surface area contributed by atoms with Crippen molar-refractivity contribution < 1.29 is 0 Å². The predicted octanol–water partition coefficient (Wildman–Crippen LogP) is 2.19. The molecule has 1 atom stereocenters. The summed E-state index contributed by atoms with van der Waals surface area (Å²) in [5.74, 6) is 1.36. The first kappa shape index (κ1) is 9.56. The van der Waals surface area contributed by atoms with Gasteiger partial charge in [-0.2, -0.15) is 0 Å². The fraction of sp³-hybridized carbons (Fsp3) is 0.900. The van der Waals surface area contributed by atoms with Crippen LogP contribution in [0.2, 0.25) is 0 Å². The minimum absolute atomic E-state index is 0.276. The van der Waals surface area contributed by atoms with Gasteiger partial charge in [0, 0.05) is 12.5 Å². The van der Waals surface area contributed by atoms with Gasteiger partial charge in [-0.1, -0.05) is 27.2 Å². The summed E-state index contributed by atoms with van der Waals surface area (Å²) >= 11 is 0. The van der Waals surface area contributed by atoms with Crippen molar-refractivity contribution in [3.8, 4) is 0 Å². The van der Waals surface area contributed by atoms with Gasteiger partial charge in [0.05, 0.1) is 5.84 Å². The van der Waals surface area contributed by atoms with Crippen molar-refractivity contribution in [1.82, 2.24) is 0 Å². The van der Waals surface area contributed by atoms with Gasteiger partial charge in [0.25, 0.3) is 0 Å². The third-order valence-corrected chi connectivity index (χ3v) is 2.60. The Balaban J connectivity index is 2.73. The molecule has 0 saturated carbocycles. The second-order valence-electron chi connectivity index (χ2n) is 4.72. The van der Waals surface area contributed by atoms with E-state index in [9.17, 15) is 0 Å². The highest BCUT2D eigenvalue weighted by Crippen LogP contribution is 2.31. The molecule has 0 aromatic rings. The van der Waals surface area contributed by atoms with Crippen molar-refractivity contribution >= 4 is 5.84 Å². The minimum Gasteiger partial charge on any atom is -0.387 e. The molecule has 0 aromatic heterocycles. The summed E-state index contributed by atoms with van der Waals surface area (Å²) in [4.78, 5) is 4.37. The molecule has 1 heterocycles. The fourth-order valence-corrected chi connectivity index (χ4v) is 1.80. The number of rotatable bonds is 0. The van der Waals surface area contributed by atoms with Gasteiger partial charge in [0.15, 0.2) is 0 Å². The Morgan fingerprint density at radius 1 is 1.33 bits per heavy atom. The normalized spacial score (nSPS) is 26.2. The number of hydrogen-bond acceptors (Lipinski definition) is 2. The lowest BCUT2D eigenvalue weighted by molar-refractivity contribution is 0.294.